The van der Waals surface area contributed by atoms with Gasteiger partial charge in [-0.3, -0.25) is 4.79 Å². The minimum atomic E-state index is -0.692. The molecule has 0 aliphatic carbocycles. The first-order chi connectivity index (χ1) is 5.25. The zero-order valence-electron chi connectivity index (χ0n) is 5.71. The number of halogens is 1. The maximum absolute atomic E-state index is 10.9. The van der Waals surface area contributed by atoms with Crippen molar-refractivity contribution in [3.8, 4) is 0 Å². The summed E-state index contributed by atoms with van der Waals surface area (Å²) < 4.78 is 0.681. The van der Waals surface area contributed by atoms with Crippen LogP contribution in [0.4, 0.5) is 0 Å². The molecule has 0 aromatic heterocycles. The van der Waals surface area contributed by atoms with Gasteiger partial charge < -0.3 is 0 Å². The standard InChI is InChI=1S/C8H6BrO2/c9-7-4-2-1-3-6(7)8(11)5-10/h1-4H,5H2. The Kier molecular flexibility index (Phi) is 2.79. The average molecular weight is 214 g/mol. The monoisotopic (exact) mass is 213 g/mol. The van der Waals surface area contributed by atoms with E-state index >= 15 is 0 Å². The van der Waals surface area contributed by atoms with Crippen LogP contribution in [-0.2, 0) is 5.11 Å². The van der Waals surface area contributed by atoms with Gasteiger partial charge in [-0.1, -0.05) is 34.1 Å². The molecular weight excluding hydrogens is 208 g/mol. The molecule has 0 aliphatic heterocycles. The Morgan fingerprint density at radius 2 is 2.00 bits per heavy atom. The number of benzene rings is 1. The molecule has 2 nitrogen and oxygen atoms in total. The van der Waals surface area contributed by atoms with E-state index in [0.29, 0.717) is 10.0 Å². The largest absolute Gasteiger partial charge is 0.291 e. The summed E-state index contributed by atoms with van der Waals surface area (Å²) in [5.74, 6) is -0.377. The second-order valence-corrected chi connectivity index (χ2v) is 2.90. The molecule has 1 rings (SSSR count). The van der Waals surface area contributed by atoms with Crippen molar-refractivity contribution in [2.45, 2.75) is 0 Å². The molecule has 0 N–H and O–H groups in total. The van der Waals surface area contributed by atoms with Crippen molar-refractivity contribution in [3.05, 3.63) is 34.3 Å². The second-order valence-electron chi connectivity index (χ2n) is 2.05. The SMILES string of the molecule is [O]CC(=O)c1ccccc1Br. The van der Waals surface area contributed by atoms with Crippen molar-refractivity contribution in [3.63, 3.8) is 0 Å². The van der Waals surface area contributed by atoms with Crippen LogP contribution in [-0.4, -0.2) is 12.4 Å². The van der Waals surface area contributed by atoms with Crippen LogP contribution >= 0.6 is 15.9 Å². The van der Waals surface area contributed by atoms with Crippen LogP contribution in [0.5, 0.6) is 0 Å². The molecule has 0 atom stereocenters. The Labute approximate surface area is 73.0 Å². The maximum atomic E-state index is 10.9. The van der Waals surface area contributed by atoms with E-state index in [2.05, 4.69) is 15.9 Å². The van der Waals surface area contributed by atoms with Crippen molar-refractivity contribution in [2.24, 2.45) is 0 Å². The molecule has 57 valence electrons. The molecular formula is C8H6BrO2. The van der Waals surface area contributed by atoms with Gasteiger partial charge in [0.15, 0.2) is 5.78 Å². The van der Waals surface area contributed by atoms with E-state index in [1.54, 1.807) is 24.3 Å². The van der Waals surface area contributed by atoms with Crippen molar-refractivity contribution < 1.29 is 9.90 Å². The molecule has 0 aliphatic rings. The summed E-state index contributed by atoms with van der Waals surface area (Å²) in [5.41, 5.74) is 0.461. The highest BCUT2D eigenvalue weighted by Crippen LogP contribution is 2.15. The molecule has 0 saturated heterocycles. The Balaban J connectivity index is 3.03. The lowest BCUT2D eigenvalue weighted by atomic mass is 10.1. The van der Waals surface area contributed by atoms with Crippen molar-refractivity contribution in [2.75, 3.05) is 6.61 Å². The number of hydrogen-bond acceptors (Lipinski definition) is 1. The summed E-state index contributed by atoms with van der Waals surface area (Å²) >= 11 is 3.18. The van der Waals surface area contributed by atoms with Crippen LogP contribution in [0.3, 0.4) is 0 Å². The van der Waals surface area contributed by atoms with E-state index in [1.165, 1.54) is 0 Å². The van der Waals surface area contributed by atoms with Crippen molar-refractivity contribution >= 4 is 21.7 Å². The molecule has 3 heteroatoms. The highest BCUT2D eigenvalue weighted by Gasteiger charge is 2.06. The minimum absolute atomic E-state index is 0.377. The fraction of sp³-hybridized carbons (Fsp3) is 0.125. The third-order valence-corrected chi connectivity index (χ3v) is 2.00. The van der Waals surface area contributed by atoms with Crippen LogP contribution in [0, 0.1) is 0 Å². The summed E-state index contributed by atoms with van der Waals surface area (Å²) in [6.45, 7) is -0.692. The first kappa shape index (κ1) is 8.43. The van der Waals surface area contributed by atoms with Gasteiger partial charge in [0, 0.05) is 10.0 Å². The van der Waals surface area contributed by atoms with Gasteiger partial charge in [0.1, 0.15) is 6.61 Å². The molecule has 0 bridgehead atoms. The summed E-state index contributed by atoms with van der Waals surface area (Å²) in [5, 5.41) is 10.2. The molecule has 0 amide bonds. The molecule has 0 heterocycles. The van der Waals surface area contributed by atoms with E-state index in [1.807, 2.05) is 0 Å². The Morgan fingerprint density at radius 3 is 2.55 bits per heavy atom. The summed E-state index contributed by atoms with van der Waals surface area (Å²) in [6, 6.07) is 6.90. The Morgan fingerprint density at radius 1 is 1.36 bits per heavy atom. The number of carbonyl (C=O) groups is 1. The maximum Gasteiger partial charge on any atom is 0.192 e. The molecule has 0 fully saturated rings. The zero-order valence-corrected chi connectivity index (χ0v) is 7.30. The van der Waals surface area contributed by atoms with Gasteiger partial charge in [0.05, 0.1) is 0 Å². The lowest BCUT2D eigenvalue weighted by Crippen LogP contribution is -2.03. The molecule has 1 radical (unpaired) electrons. The van der Waals surface area contributed by atoms with E-state index in [4.69, 9.17) is 0 Å². The first-order valence-electron chi connectivity index (χ1n) is 3.11. The predicted octanol–water partition coefficient (Wildman–Crippen LogP) is 2.06. The average Bonchev–Trinajstić information content (AvgIpc) is 2.04. The topological polar surface area (TPSA) is 37.0 Å². The van der Waals surface area contributed by atoms with Gasteiger partial charge in [0.2, 0.25) is 0 Å². The zero-order chi connectivity index (χ0) is 8.27. The molecule has 0 spiro atoms. The summed E-state index contributed by atoms with van der Waals surface area (Å²) in [7, 11) is 0. The van der Waals surface area contributed by atoms with Gasteiger partial charge >= 0.3 is 0 Å². The Hall–Kier alpha value is -0.670. The first-order valence-corrected chi connectivity index (χ1v) is 3.91. The number of carbonyl (C=O) groups excluding carboxylic acids is 1. The van der Waals surface area contributed by atoms with Gasteiger partial charge in [-0.2, -0.15) is 0 Å². The smallest absolute Gasteiger partial charge is 0.192 e. The minimum Gasteiger partial charge on any atom is -0.291 e. The lowest BCUT2D eigenvalue weighted by Gasteiger charge is -1.97. The second kappa shape index (κ2) is 3.64. The molecule has 0 saturated carbocycles. The molecule has 11 heavy (non-hydrogen) atoms. The van der Waals surface area contributed by atoms with Crippen molar-refractivity contribution in [1.82, 2.24) is 0 Å². The fourth-order valence-electron chi connectivity index (χ4n) is 0.765. The van der Waals surface area contributed by atoms with Crippen LogP contribution in [0.25, 0.3) is 0 Å². The van der Waals surface area contributed by atoms with E-state index in [-0.39, 0.29) is 5.78 Å². The summed E-state index contributed by atoms with van der Waals surface area (Å²) in [4.78, 5) is 10.9. The van der Waals surface area contributed by atoms with Gasteiger partial charge in [-0.05, 0) is 6.07 Å². The predicted molar refractivity (Wildman–Crippen MR) is 44.0 cm³/mol. The van der Waals surface area contributed by atoms with Crippen molar-refractivity contribution in [1.29, 1.82) is 0 Å². The molecule has 1 aromatic carbocycles. The number of ketones is 1. The third kappa shape index (κ3) is 1.88. The Bertz CT molecular complexity index is 271. The highest BCUT2D eigenvalue weighted by molar-refractivity contribution is 9.10. The molecule has 0 unspecified atom stereocenters. The normalized spacial score (nSPS) is 9.64. The summed E-state index contributed by atoms with van der Waals surface area (Å²) in [6.07, 6.45) is 0. The third-order valence-electron chi connectivity index (χ3n) is 1.31. The quantitative estimate of drug-likeness (QED) is 0.694. The number of Topliss-reactive ketones (excluding diaryl/α,β-unsaturated/α-hetero) is 1. The van der Waals surface area contributed by atoms with Crippen LogP contribution in [0.2, 0.25) is 0 Å². The van der Waals surface area contributed by atoms with Crippen LogP contribution < -0.4 is 0 Å². The van der Waals surface area contributed by atoms with E-state index < -0.39 is 6.61 Å². The number of hydrogen-bond donors (Lipinski definition) is 0. The van der Waals surface area contributed by atoms with Crippen LogP contribution in [0.15, 0.2) is 28.7 Å². The van der Waals surface area contributed by atoms with Crippen LogP contribution in [0.1, 0.15) is 10.4 Å². The van der Waals surface area contributed by atoms with E-state index in [9.17, 15) is 9.90 Å². The van der Waals surface area contributed by atoms with E-state index in [0.717, 1.165) is 0 Å². The van der Waals surface area contributed by atoms with Gasteiger partial charge in [0.25, 0.3) is 0 Å². The number of rotatable bonds is 2. The molecule has 1 aromatic rings. The lowest BCUT2D eigenvalue weighted by molar-refractivity contribution is 0.0826. The van der Waals surface area contributed by atoms with Gasteiger partial charge in [-0.25, -0.2) is 5.11 Å². The fourth-order valence-corrected chi connectivity index (χ4v) is 1.27. The highest BCUT2D eigenvalue weighted by atomic mass is 79.9. The van der Waals surface area contributed by atoms with Gasteiger partial charge in [-0.15, -0.1) is 0 Å².